The van der Waals surface area contributed by atoms with Crippen molar-refractivity contribution < 1.29 is 0 Å². The highest BCUT2D eigenvalue weighted by Crippen LogP contribution is 2.19. The maximum absolute atomic E-state index is 12.2. The van der Waals surface area contributed by atoms with Gasteiger partial charge < -0.3 is 4.98 Å². The van der Waals surface area contributed by atoms with Crippen LogP contribution in [0.4, 0.5) is 0 Å². The Kier molecular flexibility index (Phi) is 1.58. The molecule has 15 heavy (non-hydrogen) atoms. The lowest BCUT2D eigenvalue weighted by molar-refractivity contribution is 0.558. The third-order valence-corrected chi connectivity index (χ3v) is 3.09. The fourth-order valence-corrected chi connectivity index (χ4v) is 2.34. The van der Waals surface area contributed by atoms with Crippen LogP contribution >= 0.6 is 0 Å². The maximum Gasteiger partial charge on any atom is 0.263 e. The van der Waals surface area contributed by atoms with Crippen molar-refractivity contribution in [2.24, 2.45) is 5.92 Å². The molecule has 0 spiro atoms. The second-order valence-corrected chi connectivity index (χ2v) is 4.45. The standard InChI is InChI=1S/C11H13N3O/c1-6-3-8-13-10-9(7(2)4-12-10)11(15)14(8)5-6/h4,6,12H,3,5H2,1-2H3. The van der Waals surface area contributed by atoms with E-state index in [0.717, 1.165) is 35.4 Å². The van der Waals surface area contributed by atoms with Crippen molar-refractivity contribution in [3.05, 3.63) is 27.9 Å². The van der Waals surface area contributed by atoms with E-state index in [0.29, 0.717) is 5.92 Å². The molecule has 0 radical (unpaired) electrons. The quantitative estimate of drug-likeness (QED) is 0.700. The summed E-state index contributed by atoms with van der Waals surface area (Å²) in [5, 5.41) is 0.743. The van der Waals surface area contributed by atoms with Crippen LogP contribution in [0.3, 0.4) is 0 Å². The Bertz CT molecular complexity index is 594. The topological polar surface area (TPSA) is 50.7 Å². The molecule has 0 aliphatic carbocycles. The van der Waals surface area contributed by atoms with Crippen LogP contribution in [-0.2, 0) is 13.0 Å². The van der Waals surface area contributed by atoms with Gasteiger partial charge >= 0.3 is 0 Å². The summed E-state index contributed by atoms with van der Waals surface area (Å²) in [6.07, 6.45) is 2.75. The fraction of sp³-hybridized carbons (Fsp3) is 0.455. The predicted octanol–water partition coefficient (Wildman–Crippen LogP) is 1.23. The van der Waals surface area contributed by atoms with E-state index in [-0.39, 0.29) is 5.56 Å². The van der Waals surface area contributed by atoms with E-state index >= 15 is 0 Å². The summed E-state index contributed by atoms with van der Waals surface area (Å²) in [6.45, 7) is 4.89. The number of nitrogens with zero attached hydrogens (tertiary/aromatic N) is 2. The molecule has 4 heteroatoms. The van der Waals surface area contributed by atoms with Crippen LogP contribution in [0.2, 0.25) is 0 Å². The molecule has 4 nitrogen and oxygen atoms in total. The van der Waals surface area contributed by atoms with E-state index in [1.54, 1.807) is 0 Å². The summed E-state index contributed by atoms with van der Waals surface area (Å²) in [4.78, 5) is 19.7. The molecular formula is C11H13N3O. The summed E-state index contributed by atoms with van der Waals surface area (Å²) in [6, 6.07) is 0. The molecule has 0 amide bonds. The van der Waals surface area contributed by atoms with Gasteiger partial charge in [0.15, 0.2) is 0 Å². The molecule has 2 aromatic rings. The Labute approximate surface area is 87.0 Å². The number of aromatic amines is 1. The Hall–Kier alpha value is -1.58. The minimum Gasteiger partial charge on any atom is -0.346 e. The molecule has 0 fully saturated rings. The molecule has 2 aromatic heterocycles. The van der Waals surface area contributed by atoms with Crippen LogP contribution in [0.25, 0.3) is 11.0 Å². The smallest absolute Gasteiger partial charge is 0.263 e. The summed E-state index contributed by atoms with van der Waals surface area (Å²) in [5.41, 5.74) is 1.83. The van der Waals surface area contributed by atoms with Crippen molar-refractivity contribution in [3.63, 3.8) is 0 Å². The summed E-state index contributed by atoms with van der Waals surface area (Å²) in [7, 11) is 0. The number of rotatable bonds is 0. The number of nitrogens with one attached hydrogen (secondary N) is 1. The van der Waals surface area contributed by atoms with Crippen molar-refractivity contribution in [1.29, 1.82) is 0 Å². The maximum atomic E-state index is 12.2. The van der Waals surface area contributed by atoms with Crippen LogP contribution in [0.5, 0.6) is 0 Å². The number of aromatic nitrogens is 3. The molecule has 1 atom stereocenters. The molecule has 0 bridgehead atoms. The van der Waals surface area contributed by atoms with Crippen molar-refractivity contribution >= 4 is 11.0 Å². The van der Waals surface area contributed by atoms with Gasteiger partial charge in [0.2, 0.25) is 0 Å². The van der Waals surface area contributed by atoms with Crippen LogP contribution in [0.15, 0.2) is 11.0 Å². The van der Waals surface area contributed by atoms with E-state index in [9.17, 15) is 4.79 Å². The molecule has 78 valence electrons. The molecule has 1 N–H and O–H groups in total. The van der Waals surface area contributed by atoms with E-state index in [2.05, 4.69) is 16.9 Å². The third-order valence-electron chi connectivity index (χ3n) is 3.09. The highest BCUT2D eigenvalue weighted by molar-refractivity contribution is 5.78. The van der Waals surface area contributed by atoms with Gasteiger partial charge in [-0.2, -0.15) is 0 Å². The average molecular weight is 203 g/mol. The zero-order valence-corrected chi connectivity index (χ0v) is 8.87. The van der Waals surface area contributed by atoms with Gasteiger partial charge in [-0.1, -0.05) is 6.92 Å². The molecule has 1 unspecified atom stereocenters. The Morgan fingerprint density at radius 2 is 2.40 bits per heavy atom. The van der Waals surface area contributed by atoms with Crippen molar-refractivity contribution in [2.45, 2.75) is 26.8 Å². The van der Waals surface area contributed by atoms with Crippen LogP contribution < -0.4 is 5.56 Å². The first-order valence-electron chi connectivity index (χ1n) is 5.24. The molecule has 0 aromatic carbocycles. The highest BCUT2D eigenvalue weighted by Gasteiger charge is 2.22. The molecule has 1 aliphatic heterocycles. The van der Waals surface area contributed by atoms with Gasteiger partial charge in [0.1, 0.15) is 11.5 Å². The van der Waals surface area contributed by atoms with Gasteiger partial charge in [-0.25, -0.2) is 4.98 Å². The normalized spacial score (nSPS) is 19.7. The second-order valence-electron chi connectivity index (χ2n) is 4.45. The third kappa shape index (κ3) is 1.07. The van der Waals surface area contributed by atoms with E-state index in [4.69, 9.17) is 0 Å². The Morgan fingerprint density at radius 1 is 1.60 bits per heavy atom. The molecule has 3 heterocycles. The number of H-pyrrole nitrogens is 1. The predicted molar refractivity (Wildman–Crippen MR) is 58.0 cm³/mol. The largest absolute Gasteiger partial charge is 0.346 e. The fourth-order valence-electron chi connectivity index (χ4n) is 2.34. The van der Waals surface area contributed by atoms with Crippen LogP contribution in [0.1, 0.15) is 18.3 Å². The van der Waals surface area contributed by atoms with Gasteiger partial charge in [-0.15, -0.1) is 0 Å². The molecule has 0 saturated heterocycles. The van der Waals surface area contributed by atoms with Gasteiger partial charge in [-0.05, 0) is 18.4 Å². The van der Waals surface area contributed by atoms with E-state index in [1.807, 2.05) is 17.7 Å². The Balaban J connectivity index is 2.42. The summed E-state index contributed by atoms with van der Waals surface area (Å²) >= 11 is 0. The molecule has 1 aliphatic rings. The number of hydrogen-bond acceptors (Lipinski definition) is 2. The zero-order valence-electron chi connectivity index (χ0n) is 8.87. The first-order chi connectivity index (χ1) is 7.16. The number of fused-ring (bicyclic) bond motifs is 2. The summed E-state index contributed by atoms with van der Waals surface area (Å²) in [5.74, 6) is 1.44. The SMILES string of the molecule is Cc1c[nH]c2nc3n(c(=O)c12)CC(C)C3. The van der Waals surface area contributed by atoms with Crippen LogP contribution in [-0.4, -0.2) is 14.5 Å². The first kappa shape index (κ1) is 8.71. The van der Waals surface area contributed by atoms with Gasteiger partial charge in [0.05, 0.1) is 5.39 Å². The van der Waals surface area contributed by atoms with Crippen molar-refractivity contribution in [3.8, 4) is 0 Å². The zero-order chi connectivity index (χ0) is 10.6. The van der Waals surface area contributed by atoms with E-state index in [1.165, 1.54) is 0 Å². The summed E-state index contributed by atoms with van der Waals surface area (Å²) < 4.78 is 1.81. The van der Waals surface area contributed by atoms with Crippen LogP contribution in [0, 0.1) is 12.8 Å². The monoisotopic (exact) mass is 203 g/mol. The Morgan fingerprint density at radius 3 is 3.20 bits per heavy atom. The van der Waals surface area contributed by atoms with Gasteiger partial charge in [-0.3, -0.25) is 9.36 Å². The number of aryl methyl sites for hydroxylation is 1. The lowest BCUT2D eigenvalue weighted by Gasteiger charge is -2.01. The van der Waals surface area contributed by atoms with E-state index < -0.39 is 0 Å². The molecule has 3 rings (SSSR count). The average Bonchev–Trinajstić information content (AvgIpc) is 2.71. The first-order valence-corrected chi connectivity index (χ1v) is 5.24. The second kappa shape index (κ2) is 2.72. The molecular weight excluding hydrogens is 190 g/mol. The molecule has 0 saturated carbocycles. The lowest BCUT2D eigenvalue weighted by atomic mass is 10.1. The van der Waals surface area contributed by atoms with Crippen molar-refractivity contribution in [1.82, 2.24) is 14.5 Å². The minimum absolute atomic E-state index is 0.109. The van der Waals surface area contributed by atoms with Gasteiger partial charge in [0, 0.05) is 19.2 Å². The minimum atomic E-state index is 0.109. The lowest BCUT2D eigenvalue weighted by Crippen LogP contribution is -2.21. The highest BCUT2D eigenvalue weighted by atomic mass is 16.1. The van der Waals surface area contributed by atoms with Crippen molar-refractivity contribution in [2.75, 3.05) is 0 Å². The van der Waals surface area contributed by atoms with Gasteiger partial charge in [0.25, 0.3) is 5.56 Å². The number of hydrogen-bond donors (Lipinski definition) is 1.